The van der Waals surface area contributed by atoms with Crippen LogP contribution < -0.4 is 16.9 Å². The highest BCUT2D eigenvalue weighted by atomic mass is 16.1. The van der Waals surface area contributed by atoms with Crippen LogP contribution in [0.5, 0.6) is 0 Å². The minimum atomic E-state index is -0.576. The lowest BCUT2D eigenvalue weighted by molar-refractivity contribution is -0.114. The lowest BCUT2D eigenvalue weighted by atomic mass is 10.2. The van der Waals surface area contributed by atoms with Crippen LogP contribution in [-0.2, 0) is 4.79 Å². The van der Waals surface area contributed by atoms with Gasteiger partial charge in [0.1, 0.15) is 6.17 Å². The number of carbonyl (C=O) groups excluding carboxylic acids is 1. The highest BCUT2D eigenvalue weighted by Gasteiger charge is 2.31. The Bertz CT molecular complexity index is 343. The van der Waals surface area contributed by atoms with Crippen LogP contribution >= 0.6 is 0 Å². The van der Waals surface area contributed by atoms with E-state index in [2.05, 4.69) is 10.4 Å². The molecule has 0 saturated carbocycles. The van der Waals surface area contributed by atoms with Crippen LogP contribution in [0.2, 0.25) is 0 Å². The van der Waals surface area contributed by atoms with Gasteiger partial charge in [0.05, 0.1) is 5.57 Å². The van der Waals surface area contributed by atoms with Gasteiger partial charge in [-0.3, -0.25) is 9.80 Å². The predicted molar refractivity (Wildman–Crippen MR) is 46.8 cm³/mol. The zero-order valence-corrected chi connectivity index (χ0v) is 6.77. The number of rotatable bonds is 1. The average Bonchev–Trinajstić information content (AvgIpc) is 2.39. The van der Waals surface area contributed by atoms with Gasteiger partial charge in [-0.1, -0.05) is 0 Å². The van der Waals surface area contributed by atoms with Gasteiger partial charge in [0, 0.05) is 12.4 Å². The molecule has 2 aliphatic rings. The lowest BCUT2D eigenvalue weighted by Gasteiger charge is -2.16. The first-order chi connectivity index (χ1) is 6.20. The number of carbonyl (C=O) groups is 1. The van der Waals surface area contributed by atoms with Gasteiger partial charge in [-0.25, -0.2) is 10.4 Å². The fraction of sp³-hybridized carbons (Fsp3) is 0.143. The fourth-order valence-electron chi connectivity index (χ4n) is 1.29. The second-order valence-corrected chi connectivity index (χ2v) is 2.70. The molecule has 0 aromatic rings. The standard InChI is InChI=1S/C7H9N5O/c8-5-4(6(9)13)7-10-2-1-3-12(7)11-5/h1-3,5,11H,8H2,(H2,9,13). The normalized spacial score (nSPS) is 25.3. The minimum absolute atomic E-state index is 0.306. The molecule has 6 heteroatoms. The minimum Gasteiger partial charge on any atom is -0.366 e. The van der Waals surface area contributed by atoms with Crippen molar-refractivity contribution in [3.05, 3.63) is 23.7 Å². The predicted octanol–water partition coefficient (Wildman–Crippen LogP) is -1.61. The van der Waals surface area contributed by atoms with E-state index in [0.29, 0.717) is 11.4 Å². The van der Waals surface area contributed by atoms with Crippen LogP contribution in [0.4, 0.5) is 0 Å². The molecular weight excluding hydrogens is 170 g/mol. The zero-order chi connectivity index (χ0) is 9.42. The van der Waals surface area contributed by atoms with E-state index in [-0.39, 0.29) is 0 Å². The Labute approximate surface area is 74.6 Å². The Morgan fingerprint density at radius 2 is 2.46 bits per heavy atom. The average molecular weight is 179 g/mol. The van der Waals surface area contributed by atoms with Gasteiger partial charge in [-0.05, 0) is 6.08 Å². The number of hydrazine groups is 1. The quantitative estimate of drug-likeness (QED) is 0.451. The summed E-state index contributed by atoms with van der Waals surface area (Å²) in [4.78, 5) is 15.0. The third-order valence-electron chi connectivity index (χ3n) is 1.84. The number of allylic oxidation sites excluding steroid dienone is 1. The Balaban J connectivity index is 2.45. The molecule has 13 heavy (non-hydrogen) atoms. The maximum atomic E-state index is 11.0. The highest BCUT2D eigenvalue weighted by molar-refractivity contribution is 5.95. The SMILES string of the molecule is NC(=O)C1=C2N=CC=CN2NC1N. The molecule has 1 unspecified atom stereocenters. The molecule has 0 fully saturated rings. The number of fused-ring (bicyclic) bond motifs is 1. The summed E-state index contributed by atoms with van der Waals surface area (Å²) in [6.45, 7) is 0. The number of amides is 1. The summed E-state index contributed by atoms with van der Waals surface area (Å²) in [7, 11) is 0. The summed E-state index contributed by atoms with van der Waals surface area (Å²) < 4.78 is 0. The fourth-order valence-corrected chi connectivity index (χ4v) is 1.29. The molecule has 0 bridgehead atoms. The second kappa shape index (κ2) is 2.68. The van der Waals surface area contributed by atoms with Crippen molar-refractivity contribution in [2.75, 3.05) is 0 Å². The summed E-state index contributed by atoms with van der Waals surface area (Å²) in [6.07, 6.45) is 4.45. The number of aliphatic imine (C=N–C) groups is 1. The zero-order valence-electron chi connectivity index (χ0n) is 6.77. The smallest absolute Gasteiger partial charge is 0.251 e. The first-order valence-electron chi connectivity index (χ1n) is 3.76. The van der Waals surface area contributed by atoms with Crippen molar-refractivity contribution in [1.29, 1.82) is 0 Å². The molecule has 2 aliphatic heterocycles. The van der Waals surface area contributed by atoms with Crippen molar-refractivity contribution in [2.45, 2.75) is 6.17 Å². The van der Waals surface area contributed by atoms with E-state index in [1.165, 1.54) is 0 Å². The molecular formula is C7H9N5O. The molecule has 6 nitrogen and oxygen atoms in total. The first kappa shape index (κ1) is 7.96. The summed E-state index contributed by atoms with van der Waals surface area (Å²) in [5, 5.41) is 1.57. The van der Waals surface area contributed by atoms with Gasteiger partial charge in [0.2, 0.25) is 0 Å². The Morgan fingerprint density at radius 3 is 3.15 bits per heavy atom. The number of nitrogens with one attached hydrogen (secondary N) is 1. The van der Waals surface area contributed by atoms with E-state index in [4.69, 9.17) is 11.5 Å². The monoisotopic (exact) mass is 179 g/mol. The molecule has 0 aliphatic carbocycles. The molecule has 2 rings (SSSR count). The van der Waals surface area contributed by atoms with Gasteiger partial charge in [-0.2, -0.15) is 0 Å². The molecule has 0 saturated heterocycles. The van der Waals surface area contributed by atoms with Crippen molar-refractivity contribution in [3.63, 3.8) is 0 Å². The summed E-state index contributed by atoms with van der Waals surface area (Å²) in [5.74, 6) is -0.0764. The number of hydrogen-bond acceptors (Lipinski definition) is 5. The van der Waals surface area contributed by atoms with Crippen LogP contribution in [0, 0.1) is 0 Å². The van der Waals surface area contributed by atoms with Crippen molar-refractivity contribution < 1.29 is 4.79 Å². The topological polar surface area (TPSA) is 96.7 Å². The van der Waals surface area contributed by atoms with E-state index in [9.17, 15) is 4.79 Å². The number of nitrogens with two attached hydrogens (primary N) is 2. The molecule has 0 aromatic heterocycles. The number of nitrogens with zero attached hydrogens (tertiary/aromatic N) is 2. The molecule has 0 spiro atoms. The van der Waals surface area contributed by atoms with Crippen molar-refractivity contribution >= 4 is 12.1 Å². The van der Waals surface area contributed by atoms with Crippen LogP contribution in [0.3, 0.4) is 0 Å². The molecule has 0 aromatic carbocycles. The van der Waals surface area contributed by atoms with Crippen LogP contribution in [0.15, 0.2) is 28.7 Å². The van der Waals surface area contributed by atoms with Crippen LogP contribution in [-0.4, -0.2) is 23.3 Å². The molecule has 0 radical (unpaired) electrons. The van der Waals surface area contributed by atoms with Gasteiger partial charge in [0.15, 0.2) is 5.82 Å². The van der Waals surface area contributed by atoms with Gasteiger partial charge in [-0.15, -0.1) is 0 Å². The van der Waals surface area contributed by atoms with E-state index < -0.39 is 12.1 Å². The molecule has 5 N–H and O–H groups in total. The largest absolute Gasteiger partial charge is 0.366 e. The molecule has 68 valence electrons. The number of hydrogen-bond donors (Lipinski definition) is 3. The maximum Gasteiger partial charge on any atom is 0.251 e. The Hall–Kier alpha value is -1.66. The Kier molecular flexibility index (Phi) is 1.64. The Morgan fingerprint density at radius 1 is 1.69 bits per heavy atom. The summed E-state index contributed by atoms with van der Waals surface area (Å²) in [6, 6.07) is 0. The summed E-state index contributed by atoms with van der Waals surface area (Å²) in [5.41, 5.74) is 13.9. The van der Waals surface area contributed by atoms with Crippen molar-refractivity contribution in [3.8, 4) is 0 Å². The van der Waals surface area contributed by atoms with E-state index in [1.54, 1.807) is 23.5 Å². The van der Waals surface area contributed by atoms with E-state index in [1.807, 2.05) is 0 Å². The van der Waals surface area contributed by atoms with E-state index >= 15 is 0 Å². The van der Waals surface area contributed by atoms with E-state index in [0.717, 1.165) is 0 Å². The van der Waals surface area contributed by atoms with Crippen molar-refractivity contribution in [2.24, 2.45) is 16.5 Å². The molecule has 2 heterocycles. The maximum absolute atomic E-state index is 11.0. The third-order valence-corrected chi connectivity index (χ3v) is 1.84. The molecule has 1 atom stereocenters. The summed E-state index contributed by atoms with van der Waals surface area (Å²) >= 11 is 0. The first-order valence-corrected chi connectivity index (χ1v) is 3.76. The van der Waals surface area contributed by atoms with Gasteiger partial charge in [0.25, 0.3) is 5.91 Å². The third kappa shape index (κ3) is 1.12. The highest BCUT2D eigenvalue weighted by Crippen LogP contribution is 2.20. The van der Waals surface area contributed by atoms with Crippen LogP contribution in [0.1, 0.15) is 0 Å². The number of primary amides is 1. The lowest BCUT2D eigenvalue weighted by Crippen LogP contribution is -2.42. The van der Waals surface area contributed by atoms with Crippen molar-refractivity contribution in [1.82, 2.24) is 10.4 Å². The van der Waals surface area contributed by atoms with Crippen LogP contribution in [0.25, 0.3) is 0 Å². The van der Waals surface area contributed by atoms with Gasteiger partial charge < -0.3 is 11.5 Å². The van der Waals surface area contributed by atoms with Gasteiger partial charge >= 0.3 is 0 Å². The second-order valence-electron chi connectivity index (χ2n) is 2.70. The molecule has 1 amide bonds.